The van der Waals surface area contributed by atoms with Gasteiger partial charge in [-0.25, -0.2) is 4.39 Å². The highest BCUT2D eigenvalue weighted by atomic mass is 19.1. The number of aliphatic hydroxyl groups is 1. The molecule has 0 radical (unpaired) electrons. The summed E-state index contributed by atoms with van der Waals surface area (Å²) in [6.45, 7) is 2.73. The second-order valence-corrected chi connectivity index (χ2v) is 6.49. The van der Waals surface area contributed by atoms with Crippen LogP contribution in [0.4, 0.5) is 4.39 Å². The molecule has 3 rings (SSSR count). The van der Waals surface area contributed by atoms with Crippen LogP contribution in [0.15, 0.2) is 54.1 Å². The van der Waals surface area contributed by atoms with Gasteiger partial charge in [0.1, 0.15) is 17.3 Å². The number of Topliss-reactive ketones (excluding diaryl/α,β-unsaturated/α-hetero) is 1. The third-order valence-electron chi connectivity index (χ3n) is 4.70. The maximum atomic E-state index is 13.4. The molecule has 1 aliphatic rings. The van der Waals surface area contributed by atoms with Gasteiger partial charge < -0.3 is 19.5 Å². The number of methoxy groups -OCH3 is 1. The van der Waals surface area contributed by atoms with Crippen molar-refractivity contribution in [3.05, 3.63) is 71.0 Å². The number of nitrogens with zero attached hydrogens (tertiary/aromatic N) is 1. The molecule has 152 valence electrons. The van der Waals surface area contributed by atoms with Gasteiger partial charge in [0.2, 0.25) is 0 Å². The third-order valence-corrected chi connectivity index (χ3v) is 4.70. The van der Waals surface area contributed by atoms with Gasteiger partial charge in [0, 0.05) is 19.2 Å². The summed E-state index contributed by atoms with van der Waals surface area (Å²) in [5.41, 5.74) is 0.862. The molecule has 29 heavy (non-hydrogen) atoms. The van der Waals surface area contributed by atoms with Crippen molar-refractivity contribution in [2.24, 2.45) is 0 Å². The number of likely N-dealkylation sites (tertiary alicyclic amines) is 1. The Morgan fingerprint density at radius 1 is 1.10 bits per heavy atom. The van der Waals surface area contributed by atoms with E-state index < -0.39 is 23.5 Å². The minimum atomic E-state index is -0.836. The summed E-state index contributed by atoms with van der Waals surface area (Å²) >= 11 is 0. The van der Waals surface area contributed by atoms with Crippen LogP contribution < -0.4 is 4.74 Å². The highest BCUT2D eigenvalue weighted by molar-refractivity contribution is 6.46. The molecule has 1 N–H and O–H groups in total. The molecule has 1 atom stereocenters. The van der Waals surface area contributed by atoms with Crippen LogP contribution >= 0.6 is 0 Å². The predicted octanol–water partition coefficient (Wildman–Crippen LogP) is 3.29. The van der Waals surface area contributed by atoms with Crippen molar-refractivity contribution in [3.63, 3.8) is 0 Å². The van der Waals surface area contributed by atoms with Crippen molar-refractivity contribution in [1.29, 1.82) is 0 Å². The van der Waals surface area contributed by atoms with E-state index in [2.05, 4.69) is 0 Å². The number of rotatable bonds is 7. The molecule has 1 fully saturated rings. The molecule has 0 unspecified atom stereocenters. The SMILES string of the molecule is CCOc1ccc(/C(O)=C2\C(=O)C(=O)N(CCOC)[C@@H]2c2ccc(F)cc2)cc1. The molecule has 0 aromatic heterocycles. The number of amides is 1. The van der Waals surface area contributed by atoms with Crippen LogP contribution in [0.25, 0.3) is 5.76 Å². The van der Waals surface area contributed by atoms with E-state index in [0.29, 0.717) is 23.5 Å². The maximum Gasteiger partial charge on any atom is 0.295 e. The van der Waals surface area contributed by atoms with Crippen LogP contribution in [-0.4, -0.2) is 48.6 Å². The summed E-state index contributed by atoms with van der Waals surface area (Å²) in [4.78, 5) is 26.7. The monoisotopic (exact) mass is 399 g/mol. The standard InChI is InChI=1S/C22H22FNO5/c1-3-29-17-10-6-15(7-11-17)20(25)18-19(14-4-8-16(23)9-5-14)24(12-13-28-2)22(27)21(18)26/h4-11,19,25H,3,12-13H2,1-2H3/b20-18+/t19-/m1/s1. The number of hydrogen-bond donors (Lipinski definition) is 1. The first-order chi connectivity index (χ1) is 14.0. The lowest BCUT2D eigenvalue weighted by atomic mass is 9.95. The molecule has 2 aromatic carbocycles. The van der Waals surface area contributed by atoms with Crippen LogP contribution in [0.3, 0.4) is 0 Å². The molecule has 7 heteroatoms. The van der Waals surface area contributed by atoms with Gasteiger partial charge in [-0.05, 0) is 48.9 Å². The lowest BCUT2D eigenvalue weighted by Gasteiger charge is -2.25. The van der Waals surface area contributed by atoms with Crippen molar-refractivity contribution in [2.75, 3.05) is 26.9 Å². The number of ketones is 1. The van der Waals surface area contributed by atoms with Gasteiger partial charge in [-0.3, -0.25) is 9.59 Å². The molecule has 1 heterocycles. The minimum absolute atomic E-state index is 0.0399. The first-order valence-corrected chi connectivity index (χ1v) is 9.24. The summed E-state index contributed by atoms with van der Waals surface area (Å²) in [5, 5.41) is 10.9. The first-order valence-electron chi connectivity index (χ1n) is 9.24. The second-order valence-electron chi connectivity index (χ2n) is 6.49. The Morgan fingerprint density at radius 2 is 1.76 bits per heavy atom. The zero-order valence-electron chi connectivity index (χ0n) is 16.2. The second kappa shape index (κ2) is 8.87. The quantitative estimate of drug-likeness (QED) is 0.439. The van der Waals surface area contributed by atoms with E-state index in [0.717, 1.165) is 0 Å². The Balaban J connectivity index is 2.09. The van der Waals surface area contributed by atoms with E-state index >= 15 is 0 Å². The summed E-state index contributed by atoms with van der Waals surface area (Å²) in [6.07, 6.45) is 0. The molecule has 0 aliphatic carbocycles. The predicted molar refractivity (Wildman–Crippen MR) is 105 cm³/mol. The van der Waals surface area contributed by atoms with Gasteiger partial charge in [0.25, 0.3) is 11.7 Å². The van der Waals surface area contributed by atoms with Gasteiger partial charge in [-0.1, -0.05) is 12.1 Å². The average Bonchev–Trinajstić information content (AvgIpc) is 2.98. The van der Waals surface area contributed by atoms with Crippen LogP contribution in [0.1, 0.15) is 24.1 Å². The normalized spacial score (nSPS) is 18.3. The summed E-state index contributed by atoms with van der Waals surface area (Å²) in [5.74, 6) is -1.62. The number of benzene rings is 2. The zero-order valence-corrected chi connectivity index (χ0v) is 16.2. The van der Waals surface area contributed by atoms with Gasteiger partial charge >= 0.3 is 0 Å². The number of carbonyl (C=O) groups excluding carboxylic acids is 2. The lowest BCUT2D eigenvalue weighted by molar-refractivity contribution is -0.140. The fourth-order valence-corrected chi connectivity index (χ4v) is 3.32. The molecular weight excluding hydrogens is 377 g/mol. The van der Waals surface area contributed by atoms with Crippen molar-refractivity contribution in [1.82, 2.24) is 4.90 Å². The van der Waals surface area contributed by atoms with Crippen molar-refractivity contribution in [2.45, 2.75) is 13.0 Å². The number of halogens is 1. The Hall–Kier alpha value is -3.19. The molecule has 0 bridgehead atoms. The topological polar surface area (TPSA) is 76.1 Å². The molecule has 1 saturated heterocycles. The summed E-state index contributed by atoms with van der Waals surface area (Å²) < 4.78 is 23.8. The third kappa shape index (κ3) is 4.14. The maximum absolute atomic E-state index is 13.4. The fraction of sp³-hybridized carbons (Fsp3) is 0.273. The Morgan fingerprint density at radius 3 is 2.34 bits per heavy atom. The van der Waals surface area contributed by atoms with Crippen molar-refractivity contribution in [3.8, 4) is 5.75 Å². The Labute approximate surface area is 168 Å². The van der Waals surface area contributed by atoms with Gasteiger partial charge in [0.15, 0.2) is 0 Å². The fourth-order valence-electron chi connectivity index (χ4n) is 3.32. The molecule has 0 saturated carbocycles. The van der Waals surface area contributed by atoms with Crippen LogP contribution in [0.5, 0.6) is 5.75 Å². The van der Waals surface area contributed by atoms with Gasteiger partial charge in [0.05, 0.1) is 24.8 Å². The van der Waals surface area contributed by atoms with E-state index in [1.807, 2.05) is 6.92 Å². The van der Waals surface area contributed by atoms with E-state index in [1.54, 1.807) is 24.3 Å². The largest absolute Gasteiger partial charge is 0.507 e. The van der Waals surface area contributed by atoms with Crippen molar-refractivity contribution >= 4 is 17.4 Å². The van der Waals surface area contributed by atoms with Crippen molar-refractivity contribution < 1.29 is 28.6 Å². The highest BCUT2D eigenvalue weighted by Crippen LogP contribution is 2.39. The average molecular weight is 399 g/mol. The highest BCUT2D eigenvalue weighted by Gasteiger charge is 2.45. The Bertz CT molecular complexity index is 921. The van der Waals surface area contributed by atoms with E-state index in [4.69, 9.17) is 9.47 Å². The number of aliphatic hydroxyl groups excluding tert-OH is 1. The zero-order chi connectivity index (χ0) is 21.0. The number of hydrogen-bond acceptors (Lipinski definition) is 5. The molecule has 0 spiro atoms. The van der Waals surface area contributed by atoms with Gasteiger partial charge in [-0.15, -0.1) is 0 Å². The number of carbonyl (C=O) groups is 2. The van der Waals surface area contributed by atoms with E-state index in [-0.39, 0.29) is 24.5 Å². The molecule has 6 nitrogen and oxygen atoms in total. The smallest absolute Gasteiger partial charge is 0.295 e. The van der Waals surface area contributed by atoms with Crippen LogP contribution in [-0.2, 0) is 14.3 Å². The minimum Gasteiger partial charge on any atom is -0.507 e. The van der Waals surface area contributed by atoms with E-state index in [1.165, 1.54) is 36.3 Å². The van der Waals surface area contributed by atoms with Crippen LogP contribution in [0, 0.1) is 5.82 Å². The summed E-state index contributed by atoms with van der Waals surface area (Å²) in [6, 6.07) is 11.2. The summed E-state index contributed by atoms with van der Waals surface area (Å²) in [7, 11) is 1.49. The molecule has 2 aromatic rings. The Kier molecular flexibility index (Phi) is 6.29. The van der Waals surface area contributed by atoms with E-state index in [9.17, 15) is 19.1 Å². The lowest BCUT2D eigenvalue weighted by Crippen LogP contribution is -2.32. The number of ether oxygens (including phenoxy) is 2. The molecule has 1 amide bonds. The van der Waals surface area contributed by atoms with Gasteiger partial charge in [-0.2, -0.15) is 0 Å². The molecule has 1 aliphatic heterocycles. The first kappa shape index (κ1) is 20.5. The molecular formula is C22H22FNO5. The van der Waals surface area contributed by atoms with Crippen LogP contribution in [0.2, 0.25) is 0 Å².